The van der Waals surface area contributed by atoms with E-state index in [4.69, 9.17) is 5.73 Å². The average Bonchev–Trinajstić information content (AvgIpc) is 2.18. The molecule has 1 aromatic rings. The zero-order valence-electron chi connectivity index (χ0n) is 9.49. The van der Waals surface area contributed by atoms with Crippen molar-refractivity contribution >= 4 is 5.78 Å². The van der Waals surface area contributed by atoms with Crippen LogP contribution < -0.4 is 5.73 Å². The Morgan fingerprint density at radius 2 is 2.00 bits per heavy atom. The number of carbonyl (C=O) groups excluding carboxylic acids is 1. The molecular weight excluding hydrogens is 186 g/mol. The predicted molar refractivity (Wildman–Crippen MR) is 63.0 cm³/mol. The standard InChI is InChI=1S/C13H19NO/c1-10(2)9-13(15)12-6-4-3-5-11(12)7-8-14/h3-6,10H,7-9,14H2,1-2H3. The summed E-state index contributed by atoms with van der Waals surface area (Å²) in [5.41, 5.74) is 7.44. The number of hydrogen-bond donors (Lipinski definition) is 1. The van der Waals surface area contributed by atoms with E-state index in [9.17, 15) is 4.79 Å². The van der Waals surface area contributed by atoms with Crippen molar-refractivity contribution in [3.8, 4) is 0 Å². The molecule has 0 saturated carbocycles. The topological polar surface area (TPSA) is 43.1 Å². The Labute approximate surface area is 91.5 Å². The lowest BCUT2D eigenvalue weighted by Crippen LogP contribution is -2.10. The van der Waals surface area contributed by atoms with E-state index in [2.05, 4.69) is 13.8 Å². The summed E-state index contributed by atoms with van der Waals surface area (Å²) in [6, 6.07) is 7.75. The van der Waals surface area contributed by atoms with Crippen molar-refractivity contribution in [1.29, 1.82) is 0 Å². The Bertz CT molecular complexity index is 331. The van der Waals surface area contributed by atoms with Crippen molar-refractivity contribution in [2.45, 2.75) is 26.7 Å². The van der Waals surface area contributed by atoms with Gasteiger partial charge in [-0.1, -0.05) is 38.1 Å². The lowest BCUT2D eigenvalue weighted by Gasteiger charge is -2.08. The maximum Gasteiger partial charge on any atom is 0.163 e. The lowest BCUT2D eigenvalue weighted by atomic mass is 9.96. The van der Waals surface area contributed by atoms with E-state index >= 15 is 0 Å². The molecular formula is C13H19NO. The molecule has 0 spiro atoms. The lowest BCUT2D eigenvalue weighted by molar-refractivity contribution is 0.0967. The van der Waals surface area contributed by atoms with Gasteiger partial charge in [0.05, 0.1) is 0 Å². The van der Waals surface area contributed by atoms with Gasteiger partial charge in [0, 0.05) is 12.0 Å². The maximum absolute atomic E-state index is 11.9. The number of hydrogen-bond acceptors (Lipinski definition) is 2. The Morgan fingerprint density at radius 3 is 2.60 bits per heavy atom. The maximum atomic E-state index is 11.9. The minimum atomic E-state index is 0.231. The van der Waals surface area contributed by atoms with Crippen molar-refractivity contribution in [3.63, 3.8) is 0 Å². The molecule has 0 radical (unpaired) electrons. The first-order valence-electron chi connectivity index (χ1n) is 5.46. The fourth-order valence-electron chi connectivity index (χ4n) is 1.65. The fraction of sp³-hybridized carbons (Fsp3) is 0.462. The molecule has 0 aliphatic rings. The third-order valence-electron chi connectivity index (χ3n) is 2.33. The van der Waals surface area contributed by atoms with Gasteiger partial charge in [-0.05, 0) is 24.4 Å². The molecule has 1 aromatic carbocycles. The molecule has 0 saturated heterocycles. The van der Waals surface area contributed by atoms with Crippen molar-refractivity contribution in [3.05, 3.63) is 35.4 Å². The molecule has 0 aliphatic heterocycles. The summed E-state index contributed by atoms with van der Waals surface area (Å²) in [7, 11) is 0. The zero-order valence-corrected chi connectivity index (χ0v) is 9.49. The minimum Gasteiger partial charge on any atom is -0.330 e. The van der Waals surface area contributed by atoms with E-state index in [1.54, 1.807) is 0 Å². The number of nitrogens with two attached hydrogens (primary N) is 1. The van der Waals surface area contributed by atoms with Crippen LogP contribution in [0.3, 0.4) is 0 Å². The van der Waals surface area contributed by atoms with E-state index in [0.29, 0.717) is 18.9 Å². The number of carbonyl (C=O) groups is 1. The second-order valence-corrected chi connectivity index (χ2v) is 4.22. The van der Waals surface area contributed by atoms with E-state index in [1.807, 2.05) is 24.3 Å². The Kier molecular flexibility index (Phi) is 4.50. The van der Waals surface area contributed by atoms with E-state index < -0.39 is 0 Å². The van der Waals surface area contributed by atoms with Crippen LogP contribution in [0.4, 0.5) is 0 Å². The molecule has 0 aromatic heterocycles. The van der Waals surface area contributed by atoms with Crippen molar-refractivity contribution in [2.24, 2.45) is 11.7 Å². The molecule has 2 heteroatoms. The Morgan fingerprint density at radius 1 is 1.33 bits per heavy atom. The number of benzene rings is 1. The average molecular weight is 205 g/mol. The normalized spacial score (nSPS) is 10.7. The third kappa shape index (κ3) is 3.48. The van der Waals surface area contributed by atoms with E-state index in [0.717, 1.165) is 17.5 Å². The van der Waals surface area contributed by atoms with Gasteiger partial charge in [0.25, 0.3) is 0 Å². The zero-order chi connectivity index (χ0) is 11.3. The van der Waals surface area contributed by atoms with Gasteiger partial charge in [0.15, 0.2) is 5.78 Å². The van der Waals surface area contributed by atoms with Crippen LogP contribution in [0, 0.1) is 5.92 Å². The summed E-state index contributed by atoms with van der Waals surface area (Å²) < 4.78 is 0. The van der Waals surface area contributed by atoms with Crippen molar-refractivity contribution < 1.29 is 4.79 Å². The van der Waals surface area contributed by atoms with Gasteiger partial charge >= 0.3 is 0 Å². The van der Waals surface area contributed by atoms with Crippen LogP contribution in [-0.4, -0.2) is 12.3 Å². The fourth-order valence-corrected chi connectivity index (χ4v) is 1.65. The molecule has 15 heavy (non-hydrogen) atoms. The smallest absolute Gasteiger partial charge is 0.163 e. The van der Waals surface area contributed by atoms with Gasteiger partial charge in [-0.15, -0.1) is 0 Å². The Balaban J connectivity index is 2.87. The van der Waals surface area contributed by atoms with Gasteiger partial charge in [0.2, 0.25) is 0 Å². The van der Waals surface area contributed by atoms with Crippen LogP contribution in [0.25, 0.3) is 0 Å². The highest BCUT2D eigenvalue weighted by Crippen LogP contribution is 2.14. The first-order chi connectivity index (χ1) is 7.15. The quantitative estimate of drug-likeness (QED) is 0.750. The molecule has 0 bridgehead atoms. The molecule has 2 N–H and O–H groups in total. The monoisotopic (exact) mass is 205 g/mol. The third-order valence-corrected chi connectivity index (χ3v) is 2.33. The number of ketones is 1. The van der Waals surface area contributed by atoms with Gasteiger partial charge in [0.1, 0.15) is 0 Å². The molecule has 0 heterocycles. The summed E-state index contributed by atoms with van der Waals surface area (Å²) in [4.78, 5) is 11.9. The van der Waals surface area contributed by atoms with Gasteiger partial charge in [-0.25, -0.2) is 0 Å². The van der Waals surface area contributed by atoms with Crippen LogP contribution >= 0.6 is 0 Å². The van der Waals surface area contributed by atoms with Crippen LogP contribution in [0.2, 0.25) is 0 Å². The molecule has 0 fully saturated rings. The summed E-state index contributed by atoms with van der Waals surface area (Å²) >= 11 is 0. The first-order valence-corrected chi connectivity index (χ1v) is 5.46. The summed E-state index contributed by atoms with van der Waals surface area (Å²) in [5, 5.41) is 0. The van der Waals surface area contributed by atoms with Crippen molar-refractivity contribution in [2.75, 3.05) is 6.54 Å². The number of rotatable bonds is 5. The van der Waals surface area contributed by atoms with Crippen LogP contribution in [0.5, 0.6) is 0 Å². The summed E-state index contributed by atoms with van der Waals surface area (Å²) in [6.45, 7) is 4.71. The second-order valence-electron chi connectivity index (χ2n) is 4.22. The molecule has 0 aliphatic carbocycles. The molecule has 2 nitrogen and oxygen atoms in total. The molecule has 82 valence electrons. The first kappa shape index (κ1) is 11.9. The van der Waals surface area contributed by atoms with Gasteiger partial charge in [-0.3, -0.25) is 4.79 Å². The van der Waals surface area contributed by atoms with Crippen LogP contribution in [-0.2, 0) is 6.42 Å². The molecule has 0 unspecified atom stereocenters. The molecule has 0 atom stereocenters. The van der Waals surface area contributed by atoms with Gasteiger partial charge in [-0.2, -0.15) is 0 Å². The molecule has 0 amide bonds. The molecule has 1 rings (SSSR count). The SMILES string of the molecule is CC(C)CC(=O)c1ccccc1CCN. The highest BCUT2D eigenvalue weighted by atomic mass is 16.1. The van der Waals surface area contributed by atoms with E-state index in [1.165, 1.54) is 0 Å². The number of Topliss-reactive ketones (excluding diaryl/α,β-unsaturated/α-hetero) is 1. The largest absolute Gasteiger partial charge is 0.330 e. The van der Waals surface area contributed by atoms with Crippen molar-refractivity contribution in [1.82, 2.24) is 0 Å². The van der Waals surface area contributed by atoms with Crippen LogP contribution in [0.1, 0.15) is 36.2 Å². The Hall–Kier alpha value is -1.15. The van der Waals surface area contributed by atoms with Crippen LogP contribution in [0.15, 0.2) is 24.3 Å². The second kappa shape index (κ2) is 5.66. The van der Waals surface area contributed by atoms with Gasteiger partial charge < -0.3 is 5.73 Å². The van der Waals surface area contributed by atoms with E-state index in [-0.39, 0.29) is 5.78 Å². The highest BCUT2D eigenvalue weighted by molar-refractivity contribution is 5.97. The summed E-state index contributed by atoms with van der Waals surface area (Å²) in [6.07, 6.45) is 1.39. The predicted octanol–water partition coefficient (Wildman–Crippen LogP) is 2.42. The highest BCUT2D eigenvalue weighted by Gasteiger charge is 2.11. The minimum absolute atomic E-state index is 0.231. The summed E-state index contributed by atoms with van der Waals surface area (Å²) in [5.74, 6) is 0.637.